The van der Waals surface area contributed by atoms with Crippen LogP contribution < -0.4 is 5.32 Å². The Labute approximate surface area is 88.6 Å². The van der Waals surface area contributed by atoms with Crippen LogP contribution in [-0.2, 0) is 0 Å². The lowest BCUT2D eigenvalue weighted by Crippen LogP contribution is -1.97. The Bertz CT molecular complexity index is 572. The SMILES string of the molecule is c1cn2ccnc2c(Nc2nncs2)n1. The van der Waals surface area contributed by atoms with Crippen molar-refractivity contribution in [2.45, 2.75) is 0 Å². The summed E-state index contributed by atoms with van der Waals surface area (Å²) in [5, 5.41) is 11.4. The third-order valence-electron chi connectivity index (χ3n) is 1.90. The van der Waals surface area contributed by atoms with Crippen LogP contribution >= 0.6 is 11.3 Å². The van der Waals surface area contributed by atoms with Gasteiger partial charge < -0.3 is 9.72 Å². The lowest BCUT2D eigenvalue weighted by atomic mass is 10.6. The molecule has 3 rings (SSSR count). The fourth-order valence-electron chi connectivity index (χ4n) is 1.27. The first-order valence-electron chi connectivity index (χ1n) is 4.24. The van der Waals surface area contributed by atoms with Gasteiger partial charge >= 0.3 is 0 Å². The van der Waals surface area contributed by atoms with Gasteiger partial charge in [0.15, 0.2) is 11.5 Å². The summed E-state index contributed by atoms with van der Waals surface area (Å²) >= 11 is 1.42. The highest BCUT2D eigenvalue weighted by Crippen LogP contribution is 2.18. The number of aromatic nitrogens is 5. The second-order valence-corrected chi connectivity index (χ2v) is 3.64. The van der Waals surface area contributed by atoms with Crippen LogP contribution in [-0.4, -0.2) is 24.6 Å². The van der Waals surface area contributed by atoms with Gasteiger partial charge in [-0.15, -0.1) is 10.2 Å². The number of fused-ring (bicyclic) bond motifs is 1. The van der Waals surface area contributed by atoms with Gasteiger partial charge in [0.2, 0.25) is 5.13 Å². The zero-order valence-electron chi connectivity index (χ0n) is 7.53. The van der Waals surface area contributed by atoms with Crippen molar-refractivity contribution in [2.24, 2.45) is 0 Å². The van der Waals surface area contributed by atoms with Crippen LogP contribution in [0.25, 0.3) is 5.65 Å². The smallest absolute Gasteiger partial charge is 0.211 e. The van der Waals surface area contributed by atoms with E-state index in [0.29, 0.717) is 10.9 Å². The molecule has 0 spiro atoms. The summed E-state index contributed by atoms with van der Waals surface area (Å²) in [6.45, 7) is 0. The molecule has 3 aromatic heterocycles. The minimum absolute atomic E-state index is 0.680. The van der Waals surface area contributed by atoms with E-state index in [1.807, 2.05) is 16.8 Å². The topological polar surface area (TPSA) is 68.0 Å². The molecule has 0 aromatic carbocycles. The van der Waals surface area contributed by atoms with Crippen LogP contribution in [0.5, 0.6) is 0 Å². The maximum Gasteiger partial charge on any atom is 0.211 e. The molecule has 0 aliphatic rings. The van der Waals surface area contributed by atoms with Gasteiger partial charge in [0.05, 0.1) is 0 Å². The second-order valence-electron chi connectivity index (χ2n) is 2.80. The molecule has 0 fully saturated rings. The first kappa shape index (κ1) is 8.30. The quantitative estimate of drug-likeness (QED) is 0.702. The lowest BCUT2D eigenvalue weighted by Gasteiger charge is -2.01. The highest BCUT2D eigenvalue weighted by atomic mass is 32.1. The summed E-state index contributed by atoms with van der Waals surface area (Å²) in [6.07, 6.45) is 7.14. The van der Waals surface area contributed by atoms with Crippen molar-refractivity contribution in [3.63, 3.8) is 0 Å². The third-order valence-corrected chi connectivity index (χ3v) is 2.50. The third kappa shape index (κ3) is 1.42. The van der Waals surface area contributed by atoms with Gasteiger partial charge in [-0.25, -0.2) is 9.97 Å². The molecular formula is C8H6N6S. The lowest BCUT2D eigenvalue weighted by molar-refractivity contribution is 1.08. The van der Waals surface area contributed by atoms with E-state index in [1.165, 1.54) is 11.3 Å². The fourth-order valence-corrected chi connectivity index (χ4v) is 1.72. The minimum Gasteiger partial charge on any atom is -0.312 e. The Morgan fingerprint density at radius 1 is 1.20 bits per heavy atom. The second kappa shape index (κ2) is 3.28. The van der Waals surface area contributed by atoms with Crippen LogP contribution in [0.3, 0.4) is 0 Å². The minimum atomic E-state index is 0.680. The van der Waals surface area contributed by atoms with Crippen molar-refractivity contribution in [1.82, 2.24) is 24.6 Å². The zero-order valence-corrected chi connectivity index (χ0v) is 8.35. The fraction of sp³-hybridized carbons (Fsp3) is 0. The molecule has 0 amide bonds. The summed E-state index contributed by atoms with van der Waals surface area (Å²) in [7, 11) is 0. The molecule has 74 valence electrons. The normalized spacial score (nSPS) is 10.7. The highest BCUT2D eigenvalue weighted by Gasteiger charge is 2.05. The number of rotatable bonds is 2. The van der Waals surface area contributed by atoms with Crippen LogP contribution in [0.15, 0.2) is 30.3 Å². The van der Waals surface area contributed by atoms with Gasteiger partial charge in [-0.3, -0.25) is 0 Å². The Morgan fingerprint density at radius 2 is 2.07 bits per heavy atom. The summed E-state index contributed by atoms with van der Waals surface area (Å²) in [5.74, 6) is 0.680. The number of imidazole rings is 1. The Morgan fingerprint density at radius 3 is 2.87 bits per heavy atom. The average molecular weight is 218 g/mol. The standard InChI is InChI=1S/C8H6N6S/c1-3-14-4-2-10-7(14)6(9-1)12-8-13-11-5-15-8/h1-5H,(H,9,12,13). The summed E-state index contributed by atoms with van der Waals surface area (Å²) in [6, 6.07) is 0. The number of nitrogens with zero attached hydrogens (tertiary/aromatic N) is 5. The van der Waals surface area contributed by atoms with Crippen LogP contribution in [0.1, 0.15) is 0 Å². The molecule has 0 unspecified atom stereocenters. The van der Waals surface area contributed by atoms with Gasteiger partial charge in [-0.1, -0.05) is 11.3 Å². The molecule has 0 bridgehead atoms. The van der Waals surface area contributed by atoms with E-state index in [4.69, 9.17) is 0 Å². The molecule has 0 saturated heterocycles. The van der Waals surface area contributed by atoms with Crippen LogP contribution in [0, 0.1) is 0 Å². The van der Waals surface area contributed by atoms with E-state index in [2.05, 4.69) is 25.5 Å². The molecular weight excluding hydrogens is 212 g/mol. The molecule has 0 aliphatic carbocycles. The Kier molecular flexibility index (Phi) is 1.82. The largest absolute Gasteiger partial charge is 0.312 e. The maximum atomic E-state index is 4.20. The van der Waals surface area contributed by atoms with Gasteiger partial charge in [-0.2, -0.15) is 0 Å². The molecule has 0 saturated carbocycles. The number of hydrogen-bond donors (Lipinski definition) is 1. The Balaban J connectivity index is 2.07. The molecule has 0 radical (unpaired) electrons. The molecule has 0 aliphatic heterocycles. The van der Waals surface area contributed by atoms with Crippen molar-refractivity contribution in [3.05, 3.63) is 30.3 Å². The van der Waals surface area contributed by atoms with Gasteiger partial charge in [0.25, 0.3) is 0 Å². The molecule has 3 aromatic rings. The number of anilines is 2. The molecule has 0 atom stereocenters. The van der Waals surface area contributed by atoms with Crippen molar-refractivity contribution >= 4 is 27.9 Å². The predicted octanol–water partition coefficient (Wildman–Crippen LogP) is 1.32. The average Bonchev–Trinajstić information content (AvgIpc) is 2.87. The van der Waals surface area contributed by atoms with E-state index in [9.17, 15) is 0 Å². The molecule has 6 nitrogen and oxygen atoms in total. The van der Waals surface area contributed by atoms with E-state index in [1.54, 1.807) is 17.9 Å². The van der Waals surface area contributed by atoms with E-state index in [-0.39, 0.29) is 0 Å². The first-order valence-corrected chi connectivity index (χ1v) is 5.12. The first-order chi connectivity index (χ1) is 7.43. The Hall–Kier alpha value is -2.02. The van der Waals surface area contributed by atoms with Crippen molar-refractivity contribution in [3.8, 4) is 0 Å². The summed E-state index contributed by atoms with van der Waals surface area (Å²) in [5.41, 5.74) is 2.43. The van der Waals surface area contributed by atoms with Crippen molar-refractivity contribution in [2.75, 3.05) is 5.32 Å². The maximum absolute atomic E-state index is 4.20. The molecule has 1 N–H and O–H groups in total. The van der Waals surface area contributed by atoms with Gasteiger partial charge in [0.1, 0.15) is 5.51 Å². The van der Waals surface area contributed by atoms with E-state index < -0.39 is 0 Å². The van der Waals surface area contributed by atoms with E-state index in [0.717, 1.165) is 5.65 Å². The summed E-state index contributed by atoms with van der Waals surface area (Å²) < 4.78 is 1.89. The monoisotopic (exact) mass is 218 g/mol. The van der Waals surface area contributed by atoms with Crippen molar-refractivity contribution < 1.29 is 0 Å². The van der Waals surface area contributed by atoms with Gasteiger partial charge in [0, 0.05) is 24.8 Å². The van der Waals surface area contributed by atoms with Crippen LogP contribution in [0.2, 0.25) is 0 Å². The van der Waals surface area contributed by atoms with E-state index >= 15 is 0 Å². The molecule has 3 heterocycles. The number of nitrogens with one attached hydrogen (secondary N) is 1. The van der Waals surface area contributed by atoms with Gasteiger partial charge in [-0.05, 0) is 0 Å². The predicted molar refractivity (Wildman–Crippen MR) is 56.2 cm³/mol. The van der Waals surface area contributed by atoms with Crippen molar-refractivity contribution in [1.29, 1.82) is 0 Å². The number of hydrogen-bond acceptors (Lipinski definition) is 6. The van der Waals surface area contributed by atoms with Crippen LogP contribution in [0.4, 0.5) is 10.9 Å². The molecule has 7 heteroatoms. The highest BCUT2D eigenvalue weighted by molar-refractivity contribution is 7.13. The molecule has 15 heavy (non-hydrogen) atoms. The zero-order chi connectivity index (χ0) is 10.1. The summed E-state index contributed by atoms with van der Waals surface area (Å²) in [4.78, 5) is 8.39.